The molecule has 2 heteroatoms. The highest BCUT2D eigenvalue weighted by atomic mass is 15.2. The molecular weight excluding hydrogens is 292 g/mol. The van der Waals surface area contributed by atoms with Gasteiger partial charge in [0.15, 0.2) is 0 Å². The van der Waals surface area contributed by atoms with E-state index in [0.29, 0.717) is 0 Å². The fraction of sp³-hybridized carbons (Fsp3) is 0.318. The summed E-state index contributed by atoms with van der Waals surface area (Å²) in [5.74, 6) is 0. The molecule has 0 bridgehead atoms. The molecule has 2 nitrogen and oxygen atoms in total. The van der Waals surface area contributed by atoms with Gasteiger partial charge in [-0.25, -0.2) is 0 Å². The molecule has 0 radical (unpaired) electrons. The van der Waals surface area contributed by atoms with E-state index < -0.39 is 0 Å². The summed E-state index contributed by atoms with van der Waals surface area (Å²) in [6, 6.07) is 15.6. The van der Waals surface area contributed by atoms with Gasteiger partial charge in [-0.05, 0) is 78.0 Å². The monoisotopic (exact) mass is 316 g/mol. The summed E-state index contributed by atoms with van der Waals surface area (Å²) in [5, 5.41) is 3.83. The third-order valence-electron chi connectivity index (χ3n) is 5.24. The average Bonchev–Trinajstić information content (AvgIpc) is 3.12. The minimum Gasteiger partial charge on any atom is -0.276 e. The molecule has 2 aliphatic rings. The number of fused-ring (bicyclic) bond motifs is 5. The van der Waals surface area contributed by atoms with E-state index in [1.54, 1.807) is 27.6 Å². The predicted molar refractivity (Wildman–Crippen MR) is 99.1 cm³/mol. The Morgan fingerprint density at radius 2 is 1.62 bits per heavy atom. The van der Waals surface area contributed by atoms with Crippen molar-refractivity contribution >= 4 is 0 Å². The van der Waals surface area contributed by atoms with E-state index in [1.807, 2.05) is 19.3 Å². The van der Waals surface area contributed by atoms with Crippen molar-refractivity contribution in [3.63, 3.8) is 0 Å². The van der Waals surface area contributed by atoms with Crippen LogP contribution < -0.4 is 0 Å². The van der Waals surface area contributed by atoms with Crippen LogP contribution in [0.2, 0.25) is 0 Å². The average molecular weight is 316 g/mol. The Morgan fingerprint density at radius 1 is 0.750 bits per heavy atom. The quantitative estimate of drug-likeness (QED) is 0.585. The van der Waals surface area contributed by atoms with Crippen molar-refractivity contribution < 1.29 is 0 Å². The highest BCUT2D eigenvalue weighted by Gasteiger charge is 2.21. The Morgan fingerprint density at radius 3 is 2.42 bits per heavy atom. The van der Waals surface area contributed by atoms with Gasteiger partial charge in [-0.2, -0.15) is 5.10 Å². The maximum Gasteiger partial charge on any atom is 0.0489 e. The smallest absolute Gasteiger partial charge is 0.0489 e. The fourth-order valence-electron chi connectivity index (χ4n) is 4.05. The van der Waals surface area contributed by atoms with Crippen LogP contribution in [-0.4, -0.2) is 9.78 Å². The first kappa shape index (κ1) is 15.2. The molecule has 0 saturated heterocycles. The second kappa shape index (κ2) is 6.64. The largest absolute Gasteiger partial charge is 0.276 e. The Bertz CT molecular complexity index is 831. The third-order valence-corrected chi connectivity index (χ3v) is 5.24. The number of aryl methyl sites for hydroxylation is 3. The molecule has 0 amide bonds. The van der Waals surface area contributed by atoms with E-state index in [0.717, 1.165) is 0 Å². The van der Waals surface area contributed by atoms with Gasteiger partial charge in [0.05, 0.1) is 0 Å². The maximum absolute atomic E-state index is 3.83. The first-order valence-electron chi connectivity index (χ1n) is 8.98. The lowest BCUT2D eigenvalue weighted by Gasteiger charge is -2.26. The number of rotatable bonds is 0. The molecule has 0 N–H and O–H groups in total. The van der Waals surface area contributed by atoms with Crippen molar-refractivity contribution in [1.82, 2.24) is 9.78 Å². The van der Waals surface area contributed by atoms with E-state index >= 15 is 0 Å². The van der Waals surface area contributed by atoms with Crippen molar-refractivity contribution in [2.75, 3.05) is 0 Å². The minimum absolute atomic E-state index is 1.22. The van der Waals surface area contributed by atoms with Crippen molar-refractivity contribution in [1.29, 1.82) is 0 Å². The van der Waals surface area contributed by atoms with Crippen LogP contribution >= 0.6 is 0 Å². The van der Waals surface area contributed by atoms with E-state index in [2.05, 4.69) is 41.5 Å². The summed E-state index contributed by atoms with van der Waals surface area (Å²) in [5.41, 5.74) is 9.49. The number of nitrogens with zero attached hydrogens (tertiary/aromatic N) is 2. The lowest BCUT2D eigenvalue weighted by atomic mass is 9.78. The Labute approximate surface area is 144 Å². The molecule has 0 unspecified atom stereocenters. The van der Waals surface area contributed by atoms with E-state index in [9.17, 15) is 0 Å². The molecule has 1 aromatic heterocycles. The maximum atomic E-state index is 3.83. The molecular formula is C22H24N2. The van der Waals surface area contributed by atoms with Crippen molar-refractivity contribution in [2.45, 2.75) is 38.5 Å². The molecule has 1 heterocycles. The van der Waals surface area contributed by atoms with Gasteiger partial charge in [0, 0.05) is 19.4 Å². The SMILES string of the molecule is Cn1cccn1.c1ccc2c(c1)CCc1c-2ccc2c1CCCC2. The number of hydrogen-bond donors (Lipinski definition) is 0. The first-order chi connectivity index (χ1) is 11.8. The second-order valence-electron chi connectivity index (χ2n) is 6.77. The summed E-state index contributed by atoms with van der Waals surface area (Å²) in [7, 11) is 1.89. The van der Waals surface area contributed by atoms with E-state index in [1.165, 1.54) is 55.2 Å². The summed E-state index contributed by atoms with van der Waals surface area (Å²) < 4.78 is 1.75. The normalized spacial score (nSPS) is 14.7. The molecule has 0 fully saturated rings. The van der Waals surface area contributed by atoms with Crippen molar-refractivity contribution in [3.8, 4) is 11.1 Å². The second-order valence-corrected chi connectivity index (χ2v) is 6.77. The third kappa shape index (κ3) is 2.89. The van der Waals surface area contributed by atoms with Gasteiger partial charge in [0.25, 0.3) is 0 Å². The van der Waals surface area contributed by atoms with Crippen LogP contribution in [0.5, 0.6) is 0 Å². The minimum atomic E-state index is 1.22. The molecule has 0 spiro atoms. The highest BCUT2D eigenvalue weighted by Crippen LogP contribution is 2.38. The van der Waals surface area contributed by atoms with Gasteiger partial charge in [-0.3, -0.25) is 4.68 Å². The topological polar surface area (TPSA) is 17.8 Å². The van der Waals surface area contributed by atoms with Crippen molar-refractivity contribution in [2.24, 2.45) is 7.05 Å². The lowest BCUT2D eigenvalue weighted by Crippen LogP contribution is -2.12. The molecule has 3 aromatic rings. The molecule has 2 aliphatic carbocycles. The fourth-order valence-corrected chi connectivity index (χ4v) is 4.05. The van der Waals surface area contributed by atoms with Gasteiger partial charge in [0.2, 0.25) is 0 Å². The first-order valence-corrected chi connectivity index (χ1v) is 8.98. The number of benzene rings is 2. The van der Waals surface area contributed by atoms with Crippen LogP contribution in [0.4, 0.5) is 0 Å². The summed E-state index contributed by atoms with van der Waals surface area (Å²) in [6.45, 7) is 0. The van der Waals surface area contributed by atoms with E-state index in [4.69, 9.17) is 0 Å². The molecule has 5 rings (SSSR count). The van der Waals surface area contributed by atoms with Gasteiger partial charge in [-0.15, -0.1) is 0 Å². The van der Waals surface area contributed by atoms with Gasteiger partial charge in [0.1, 0.15) is 0 Å². The molecule has 24 heavy (non-hydrogen) atoms. The highest BCUT2D eigenvalue weighted by molar-refractivity contribution is 5.75. The standard InChI is InChI=1S/C18H18.C4H6N2/c1-3-7-15-13(5-1)9-11-18-16-8-4-2-6-14(16)10-12-17(15)18;1-6-4-2-3-5-6/h1,3,5,7,10,12H,2,4,6,8-9,11H2;2-4H,1H3. The zero-order valence-electron chi connectivity index (χ0n) is 14.3. The number of hydrogen-bond acceptors (Lipinski definition) is 1. The van der Waals surface area contributed by atoms with E-state index in [-0.39, 0.29) is 0 Å². The van der Waals surface area contributed by atoms with Crippen LogP contribution in [0.25, 0.3) is 11.1 Å². The number of aromatic nitrogens is 2. The molecule has 0 atom stereocenters. The lowest BCUT2D eigenvalue weighted by molar-refractivity contribution is 0.676. The zero-order chi connectivity index (χ0) is 16.4. The summed E-state index contributed by atoms with van der Waals surface area (Å²) in [6.07, 6.45) is 11.5. The Hall–Kier alpha value is -2.35. The van der Waals surface area contributed by atoms with Gasteiger partial charge in [-0.1, -0.05) is 36.4 Å². The van der Waals surface area contributed by atoms with Crippen LogP contribution in [-0.2, 0) is 32.7 Å². The Balaban J connectivity index is 0.000000207. The van der Waals surface area contributed by atoms with Crippen LogP contribution in [0.1, 0.15) is 35.1 Å². The van der Waals surface area contributed by atoms with Crippen LogP contribution in [0.15, 0.2) is 54.9 Å². The Kier molecular flexibility index (Phi) is 4.20. The molecule has 122 valence electrons. The predicted octanol–water partition coefficient (Wildman–Crippen LogP) is 4.75. The van der Waals surface area contributed by atoms with Crippen LogP contribution in [0.3, 0.4) is 0 Å². The molecule has 2 aromatic carbocycles. The summed E-state index contributed by atoms with van der Waals surface area (Å²) >= 11 is 0. The van der Waals surface area contributed by atoms with Crippen molar-refractivity contribution in [3.05, 3.63) is 77.1 Å². The van der Waals surface area contributed by atoms with Crippen LogP contribution in [0, 0.1) is 0 Å². The van der Waals surface area contributed by atoms with Gasteiger partial charge < -0.3 is 0 Å². The zero-order valence-corrected chi connectivity index (χ0v) is 14.3. The molecule has 0 saturated carbocycles. The van der Waals surface area contributed by atoms with Gasteiger partial charge >= 0.3 is 0 Å². The summed E-state index contributed by atoms with van der Waals surface area (Å²) in [4.78, 5) is 0. The molecule has 0 aliphatic heterocycles.